The first-order chi connectivity index (χ1) is 6.20. The summed E-state index contributed by atoms with van der Waals surface area (Å²) in [5.41, 5.74) is 0. The van der Waals surface area contributed by atoms with E-state index < -0.39 is 0 Å². The van der Waals surface area contributed by atoms with Gasteiger partial charge in [0.2, 0.25) is 0 Å². The van der Waals surface area contributed by atoms with Gasteiger partial charge in [-0.25, -0.2) is 4.79 Å². The van der Waals surface area contributed by atoms with Crippen LogP contribution in [0.25, 0.3) is 0 Å². The molecule has 0 bridgehead atoms. The van der Waals surface area contributed by atoms with Crippen LogP contribution in [0.3, 0.4) is 0 Å². The Balaban J connectivity index is 2.35. The van der Waals surface area contributed by atoms with Gasteiger partial charge < -0.3 is 9.64 Å². The minimum absolute atomic E-state index is 0.00393. The lowest BCUT2D eigenvalue weighted by molar-refractivity contribution is 0.0778. The van der Waals surface area contributed by atoms with Crippen LogP contribution < -0.4 is 0 Å². The number of nitrogens with zero attached hydrogens (tertiary/aromatic N) is 1. The first-order valence-electron chi connectivity index (χ1n) is 5.15. The molecular formula is C10H19NO2. The van der Waals surface area contributed by atoms with Crippen molar-refractivity contribution in [3.05, 3.63) is 0 Å². The lowest BCUT2D eigenvalue weighted by Gasteiger charge is -2.20. The molecule has 0 aromatic heterocycles. The smallest absolute Gasteiger partial charge is 0.410 e. The van der Waals surface area contributed by atoms with Crippen LogP contribution in [0.15, 0.2) is 0 Å². The van der Waals surface area contributed by atoms with Gasteiger partial charge in [-0.2, -0.15) is 0 Å². The molecule has 1 saturated heterocycles. The monoisotopic (exact) mass is 185 g/mol. The maximum absolute atomic E-state index is 11.5. The summed E-state index contributed by atoms with van der Waals surface area (Å²) in [6.45, 7) is 5.50. The maximum Gasteiger partial charge on any atom is 0.410 e. The molecule has 1 aliphatic rings. The average molecular weight is 185 g/mol. The third-order valence-electron chi connectivity index (χ3n) is 2.20. The van der Waals surface area contributed by atoms with E-state index in [2.05, 4.69) is 0 Å². The zero-order chi connectivity index (χ0) is 9.68. The van der Waals surface area contributed by atoms with Crippen molar-refractivity contribution in [3.63, 3.8) is 0 Å². The second-order valence-electron chi connectivity index (χ2n) is 3.83. The molecule has 76 valence electrons. The van der Waals surface area contributed by atoms with Crippen molar-refractivity contribution < 1.29 is 9.53 Å². The van der Waals surface area contributed by atoms with Crippen molar-refractivity contribution in [2.75, 3.05) is 13.1 Å². The van der Waals surface area contributed by atoms with Gasteiger partial charge in [0, 0.05) is 13.1 Å². The third kappa shape index (κ3) is 3.66. The molecule has 0 atom stereocenters. The fourth-order valence-electron chi connectivity index (χ4n) is 1.53. The molecule has 0 radical (unpaired) electrons. The van der Waals surface area contributed by atoms with Crippen molar-refractivity contribution in [1.82, 2.24) is 4.90 Å². The van der Waals surface area contributed by atoms with Crippen LogP contribution >= 0.6 is 0 Å². The summed E-state index contributed by atoms with van der Waals surface area (Å²) >= 11 is 0. The predicted molar refractivity (Wildman–Crippen MR) is 51.7 cm³/mol. The van der Waals surface area contributed by atoms with Gasteiger partial charge in [-0.3, -0.25) is 0 Å². The number of hydrogen-bond donors (Lipinski definition) is 0. The Bertz CT molecular complexity index is 160. The second-order valence-corrected chi connectivity index (χ2v) is 3.83. The Morgan fingerprint density at radius 1 is 1.15 bits per heavy atom. The molecule has 3 nitrogen and oxygen atoms in total. The Morgan fingerprint density at radius 2 is 1.69 bits per heavy atom. The van der Waals surface area contributed by atoms with E-state index in [9.17, 15) is 4.79 Å². The van der Waals surface area contributed by atoms with E-state index in [4.69, 9.17) is 4.74 Å². The lowest BCUT2D eigenvalue weighted by atomic mass is 10.2. The number of amides is 1. The maximum atomic E-state index is 11.5. The fraction of sp³-hybridized carbons (Fsp3) is 0.900. The Kier molecular flexibility index (Phi) is 4.06. The fourth-order valence-corrected chi connectivity index (χ4v) is 1.53. The van der Waals surface area contributed by atoms with Gasteiger partial charge in [-0.15, -0.1) is 0 Å². The van der Waals surface area contributed by atoms with Crippen molar-refractivity contribution in [2.24, 2.45) is 0 Å². The normalized spacial score (nSPS) is 18.5. The molecule has 0 saturated carbocycles. The molecule has 1 rings (SSSR count). The third-order valence-corrected chi connectivity index (χ3v) is 2.20. The summed E-state index contributed by atoms with van der Waals surface area (Å²) < 4.78 is 5.13. The van der Waals surface area contributed by atoms with Crippen LogP contribution in [-0.2, 0) is 4.74 Å². The number of hydrogen-bond acceptors (Lipinski definition) is 2. The van der Waals surface area contributed by atoms with Crippen molar-refractivity contribution in [1.29, 1.82) is 0 Å². The van der Waals surface area contributed by atoms with Gasteiger partial charge in [0.1, 0.15) is 0 Å². The highest BCUT2D eigenvalue weighted by molar-refractivity contribution is 5.67. The summed E-state index contributed by atoms with van der Waals surface area (Å²) in [7, 11) is 0. The highest BCUT2D eigenvalue weighted by Crippen LogP contribution is 2.11. The number of ether oxygens (including phenoxy) is 1. The Morgan fingerprint density at radius 3 is 2.15 bits per heavy atom. The number of carbonyl (C=O) groups excluding carboxylic acids is 1. The number of carbonyl (C=O) groups is 1. The van der Waals surface area contributed by atoms with Crippen molar-refractivity contribution in [2.45, 2.75) is 45.6 Å². The molecule has 3 heteroatoms. The van der Waals surface area contributed by atoms with Crippen LogP contribution in [0.5, 0.6) is 0 Å². The van der Waals surface area contributed by atoms with Gasteiger partial charge >= 0.3 is 6.09 Å². The van der Waals surface area contributed by atoms with Gasteiger partial charge in [0.15, 0.2) is 0 Å². The zero-order valence-corrected chi connectivity index (χ0v) is 8.58. The molecule has 1 heterocycles. The molecule has 13 heavy (non-hydrogen) atoms. The molecule has 0 unspecified atom stereocenters. The lowest BCUT2D eigenvalue weighted by Crippen LogP contribution is -2.33. The summed E-state index contributed by atoms with van der Waals surface area (Å²) in [6, 6.07) is 0. The van der Waals surface area contributed by atoms with E-state index in [1.165, 1.54) is 12.8 Å². The molecule has 0 aromatic carbocycles. The summed E-state index contributed by atoms with van der Waals surface area (Å²) in [5, 5.41) is 0. The van der Waals surface area contributed by atoms with Gasteiger partial charge in [0.25, 0.3) is 0 Å². The van der Waals surface area contributed by atoms with Crippen molar-refractivity contribution in [3.8, 4) is 0 Å². The number of rotatable bonds is 1. The van der Waals surface area contributed by atoms with E-state index in [1.807, 2.05) is 18.7 Å². The van der Waals surface area contributed by atoms with Gasteiger partial charge in [-0.1, -0.05) is 12.8 Å². The largest absolute Gasteiger partial charge is 0.447 e. The summed E-state index contributed by atoms with van der Waals surface area (Å²) in [5.74, 6) is 0. The first-order valence-corrected chi connectivity index (χ1v) is 5.15. The highest BCUT2D eigenvalue weighted by atomic mass is 16.6. The van der Waals surface area contributed by atoms with Crippen LogP contribution in [0, 0.1) is 0 Å². The average Bonchev–Trinajstić information content (AvgIpc) is 2.29. The minimum atomic E-state index is -0.142. The molecule has 0 spiro atoms. The first kappa shape index (κ1) is 10.4. The molecule has 0 aliphatic carbocycles. The summed E-state index contributed by atoms with van der Waals surface area (Å²) in [4.78, 5) is 13.3. The molecule has 0 aromatic rings. The summed E-state index contributed by atoms with van der Waals surface area (Å²) in [6.07, 6.45) is 4.57. The Labute approximate surface area is 80.1 Å². The van der Waals surface area contributed by atoms with Crippen molar-refractivity contribution >= 4 is 6.09 Å². The molecule has 0 N–H and O–H groups in total. The van der Waals surface area contributed by atoms with Crippen LogP contribution in [0.2, 0.25) is 0 Å². The number of likely N-dealkylation sites (tertiary alicyclic amines) is 1. The second kappa shape index (κ2) is 5.10. The van der Waals surface area contributed by atoms with E-state index in [0.29, 0.717) is 0 Å². The van der Waals surface area contributed by atoms with Crippen LogP contribution in [0.4, 0.5) is 4.79 Å². The molecule has 1 aliphatic heterocycles. The van der Waals surface area contributed by atoms with E-state index in [1.54, 1.807) is 0 Å². The Hall–Kier alpha value is -0.730. The SMILES string of the molecule is CC(C)OC(=O)N1CCCCCC1. The van der Waals surface area contributed by atoms with Gasteiger partial charge in [-0.05, 0) is 26.7 Å². The standard InChI is InChI=1S/C10H19NO2/c1-9(2)13-10(12)11-7-5-3-4-6-8-11/h9H,3-8H2,1-2H3. The van der Waals surface area contributed by atoms with Gasteiger partial charge in [0.05, 0.1) is 6.10 Å². The van der Waals surface area contributed by atoms with E-state index in [0.717, 1.165) is 25.9 Å². The topological polar surface area (TPSA) is 29.5 Å². The quantitative estimate of drug-likeness (QED) is 0.627. The minimum Gasteiger partial charge on any atom is -0.447 e. The van der Waals surface area contributed by atoms with Crippen LogP contribution in [0.1, 0.15) is 39.5 Å². The predicted octanol–water partition coefficient (Wildman–Crippen LogP) is 2.41. The van der Waals surface area contributed by atoms with E-state index >= 15 is 0 Å². The molecule has 1 fully saturated rings. The molecule has 1 amide bonds. The highest BCUT2D eigenvalue weighted by Gasteiger charge is 2.17. The van der Waals surface area contributed by atoms with E-state index in [-0.39, 0.29) is 12.2 Å². The molecular weight excluding hydrogens is 166 g/mol. The zero-order valence-electron chi connectivity index (χ0n) is 8.58. The van der Waals surface area contributed by atoms with Crippen LogP contribution in [-0.4, -0.2) is 30.2 Å².